The highest BCUT2D eigenvalue weighted by Gasteiger charge is 2.17. The number of halogens is 1. The maximum atomic E-state index is 12.3. The molecule has 1 fully saturated rings. The molecule has 0 aromatic heterocycles. The zero-order valence-corrected chi connectivity index (χ0v) is 16.6. The van der Waals surface area contributed by atoms with Gasteiger partial charge in [0.05, 0.1) is 6.54 Å². The van der Waals surface area contributed by atoms with Gasteiger partial charge in [-0.05, 0) is 30.3 Å². The normalized spacial score (nSPS) is 13.9. The molecule has 1 aliphatic heterocycles. The molecule has 1 N–H and O–H groups in total. The summed E-state index contributed by atoms with van der Waals surface area (Å²) in [4.78, 5) is 16.3. The van der Waals surface area contributed by atoms with Crippen LogP contribution < -0.4 is 10.1 Å². The Labute approximate surface area is 167 Å². The molecule has 0 saturated carbocycles. The molecule has 0 bridgehead atoms. The summed E-state index contributed by atoms with van der Waals surface area (Å²) in [6, 6.07) is 18.2. The number of carbonyl (C=O) groups excluding carboxylic acids is 1. The Bertz CT molecular complexity index is 688. The number of benzene rings is 2. The molecule has 1 saturated heterocycles. The number of hydrogen-bond donors (Lipinski definition) is 1. The van der Waals surface area contributed by atoms with Crippen molar-refractivity contribution in [1.29, 1.82) is 0 Å². The van der Waals surface area contributed by atoms with Gasteiger partial charge in [-0.15, -0.1) is 12.4 Å². The van der Waals surface area contributed by atoms with Crippen LogP contribution in [-0.2, 0) is 17.9 Å². The molecule has 0 aliphatic carbocycles. The summed E-state index contributed by atoms with van der Waals surface area (Å²) in [5, 5.41) is 3.27. The number of nitrogens with zero attached hydrogens (tertiary/aromatic N) is 2. The van der Waals surface area contributed by atoms with Crippen LogP contribution in [0.2, 0.25) is 0 Å². The SMILES string of the molecule is CN(CC(=O)N1CCNCC1)Cc1ccc(OCc2ccccc2)cc1.Cl. The third kappa shape index (κ3) is 6.86. The zero-order valence-electron chi connectivity index (χ0n) is 15.8. The standard InChI is InChI=1S/C21H27N3O2.ClH/c1-23(16-21(25)24-13-11-22-12-14-24)15-18-7-9-20(10-8-18)26-17-19-5-3-2-4-6-19;/h2-10,22H,11-17H2,1H3;1H. The zero-order chi connectivity index (χ0) is 18.2. The second-order valence-corrected chi connectivity index (χ2v) is 6.72. The van der Waals surface area contributed by atoms with Crippen molar-refractivity contribution in [1.82, 2.24) is 15.1 Å². The van der Waals surface area contributed by atoms with Gasteiger partial charge in [0.15, 0.2) is 0 Å². The lowest BCUT2D eigenvalue weighted by molar-refractivity contribution is -0.132. The minimum absolute atomic E-state index is 0. The largest absolute Gasteiger partial charge is 0.489 e. The average molecular weight is 390 g/mol. The van der Waals surface area contributed by atoms with Gasteiger partial charge in [-0.1, -0.05) is 42.5 Å². The molecule has 0 unspecified atom stereocenters. The molecule has 2 aromatic carbocycles. The van der Waals surface area contributed by atoms with Crippen molar-refractivity contribution >= 4 is 18.3 Å². The van der Waals surface area contributed by atoms with Crippen molar-refractivity contribution < 1.29 is 9.53 Å². The highest BCUT2D eigenvalue weighted by atomic mass is 35.5. The summed E-state index contributed by atoms with van der Waals surface area (Å²) < 4.78 is 5.82. The second kappa shape index (κ2) is 10.9. The fraction of sp³-hybridized carbons (Fsp3) is 0.381. The van der Waals surface area contributed by atoms with Gasteiger partial charge in [0.1, 0.15) is 12.4 Å². The molecule has 0 spiro atoms. The van der Waals surface area contributed by atoms with Crippen LogP contribution in [0.25, 0.3) is 0 Å². The van der Waals surface area contributed by atoms with Crippen LogP contribution in [0.1, 0.15) is 11.1 Å². The molecule has 146 valence electrons. The number of nitrogens with one attached hydrogen (secondary N) is 1. The minimum atomic E-state index is 0. The molecule has 0 radical (unpaired) electrons. The van der Waals surface area contributed by atoms with Crippen molar-refractivity contribution in [3.8, 4) is 5.75 Å². The summed E-state index contributed by atoms with van der Waals surface area (Å²) in [5.41, 5.74) is 2.33. The van der Waals surface area contributed by atoms with E-state index in [0.717, 1.165) is 44.0 Å². The van der Waals surface area contributed by atoms with E-state index in [1.165, 1.54) is 5.56 Å². The summed E-state index contributed by atoms with van der Waals surface area (Å²) in [6.07, 6.45) is 0. The van der Waals surface area contributed by atoms with E-state index in [-0.39, 0.29) is 18.3 Å². The second-order valence-electron chi connectivity index (χ2n) is 6.72. The van der Waals surface area contributed by atoms with Gasteiger partial charge < -0.3 is 15.0 Å². The van der Waals surface area contributed by atoms with Crippen LogP contribution in [0.4, 0.5) is 0 Å². The molecule has 6 heteroatoms. The molecule has 3 rings (SSSR count). The average Bonchev–Trinajstić information content (AvgIpc) is 2.69. The molecule has 1 amide bonds. The molecule has 1 heterocycles. The first-order chi connectivity index (χ1) is 12.7. The summed E-state index contributed by atoms with van der Waals surface area (Å²) in [7, 11) is 1.99. The van der Waals surface area contributed by atoms with Crippen LogP contribution >= 0.6 is 12.4 Å². The molecule has 5 nitrogen and oxygen atoms in total. The fourth-order valence-electron chi connectivity index (χ4n) is 3.04. The van der Waals surface area contributed by atoms with Gasteiger partial charge in [-0.3, -0.25) is 9.69 Å². The number of ether oxygens (including phenoxy) is 1. The fourth-order valence-corrected chi connectivity index (χ4v) is 3.04. The lowest BCUT2D eigenvalue weighted by Gasteiger charge is -2.29. The number of amides is 1. The highest BCUT2D eigenvalue weighted by Crippen LogP contribution is 2.15. The van der Waals surface area contributed by atoms with Crippen LogP contribution in [-0.4, -0.2) is 55.5 Å². The minimum Gasteiger partial charge on any atom is -0.489 e. The lowest BCUT2D eigenvalue weighted by Crippen LogP contribution is -2.49. The summed E-state index contributed by atoms with van der Waals surface area (Å²) >= 11 is 0. The van der Waals surface area contributed by atoms with E-state index in [0.29, 0.717) is 13.2 Å². The van der Waals surface area contributed by atoms with Crippen molar-refractivity contribution in [2.24, 2.45) is 0 Å². The Balaban J connectivity index is 0.00000261. The number of piperazine rings is 1. The van der Waals surface area contributed by atoms with Crippen molar-refractivity contribution in [3.63, 3.8) is 0 Å². The van der Waals surface area contributed by atoms with Crippen LogP contribution in [0.5, 0.6) is 5.75 Å². The van der Waals surface area contributed by atoms with E-state index in [1.54, 1.807) is 0 Å². The number of carbonyl (C=O) groups is 1. The Hall–Kier alpha value is -2.08. The Morgan fingerprint density at radius 2 is 1.70 bits per heavy atom. The van der Waals surface area contributed by atoms with Gasteiger partial charge in [-0.2, -0.15) is 0 Å². The smallest absolute Gasteiger partial charge is 0.236 e. The van der Waals surface area contributed by atoms with Gasteiger partial charge in [0.2, 0.25) is 5.91 Å². The quantitative estimate of drug-likeness (QED) is 0.790. The van der Waals surface area contributed by atoms with Crippen molar-refractivity contribution in [2.45, 2.75) is 13.2 Å². The van der Waals surface area contributed by atoms with Gasteiger partial charge in [-0.25, -0.2) is 0 Å². The van der Waals surface area contributed by atoms with E-state index >= 15 is 0 Å². The number of hydrogen-bond acceptors (Lipinski definition) is 4. The first-order valence-corrected chi connectivity index (χ1v) is 9.13. The van der Waals surface area contributed by atoms with Crippen LogP contribution in [0, 0.1) is 0 Å². The number of rotatable bonds is 7. The van der Waals surface area contributed by atoms with Crippen molar-refractivity contribution in [2.75, 3.05) is 39.8 Å². The van der Waals surface area contributed by atoms with Gasteiger partial charge in [0.25, 0.3) is 0 Å². The van der Waals surface area contributed by atoms with E-state index in [2.05, 4.69) is 34.5 Å². The summed E-state index contributed by atoms with van der Waals surface area (Å²) in [5.74, 6) is 1.06. The maximum Gasteiger partial charge on any atom is 0.236 e. The molecular weight excluding hydrogens is 362 g/mol. The van der Waals surface area contributed by atoms with E-state index in [4.69, 9.17) is 4.74 Å². The predicted octanol–water partition coefficient (Wildman–Crippen LogP) is 2.55. The maximum absolute atomic E-state index is 12.3. The molecule has 2 aromatic rings. The van der Waals surface area contributed by atoms with E-state index in [1.807, 2.05) is 42.3 Å². The Morgan fingerprint density at radius 3 is 2.37 bits per heavy atom. The number of likely N-dealkylation sites (N-methyl/N-ethyl adjacent to an activating group) is 1. The third-order valence-corrected chi connectivity index (χ3v) is 4.50. The topological polar surface area (TPSA) is 44.8 Å². The van der Waals surface area contributed by atoms with Gasteiger partial charge in [0, 0.05) is 32.7 Å². The molecule has 0 atom stereocenters. The first-order valence-electron chi connectivity index (χ1n) is 9.13. The molecular formula is C21H28ClN3O2. The summed E-state index contributed by atoms with van der Waals surface area (Å²) in [6.45, 7) is 5.16. The lowest BCUT2D eigenvalue weighted by atomic mass is 10.2. The van der Waals surface area contributed by atoms with Crippen LogP contribution in [0.15, 0.2) is 54.6 Å². The van der Waals surface area contributed by atoms with Gasteiger partial charge >= 0.3 is 0 Å². The Kier molecular flexibility index (Phi) is 8.58. The molecule has 1 aliphatic rings. The third-order valence-electron chi connectivity index (χ3n) is 4.50. The predicted molar refractivity (Wildman–Crippen MR) is 110 cm³/mol. The monoisotopic (exact) mass is 389 g/mol. The van der Waals surface area contributed by atoms with E-state index in [9.17, 15) is 4.79 Å². The Morgan fingerprint density at radius 1 is 1.04 bits per heavy atom. The molecule has 27 heavy (non-hydrogen) atoms. The van der Waals surface area contributed by atoms with Crippen LogP contribution in [0.3, 0.4) is 0 Å². The highest BCUT2D eigenvalue weighted by molar-refractivity contribution is 5.85. The van der Waals surface area contributed by atoms with Crippen molar-refractivity contribution in [3.05, 3.63) is 65.7 Å². The first kappa shape index (κ1) is 21.2. The van der Waals surface area contributed by atoms with E-state index < -0.39 is 0 Å².